The number of hydrogen-bond acceptors (Lipinski definition) is 4. The molecule has 5 nitrogen and oxygen atoms in total. The highest BCUT2D eigenvalue weighted by Gasteiger charge is 2.02. The monoisotopic (exact) mass is 275 g/mol. The van der Waals surface area contributed by atoms with E-state index in [0.717, 1.165) is 30.0 Å². The van der Waals surface area contributed by atoms with E-state index in [0.29, 0.717) is 13.2 Å². The first-order valence-corrected chi connectivity index (χ1v) is 6.66. The minimum absolute atomic E-state index is 0.612. The Balaban J connectivity index is 1.99. The highest BCUT2D eigenvalue weighted by molar-refractivity contribution is 5.35. The van der Waals surface area contributed by atoms with Gasteiger partial charge in [-0.05, 0) is 23.8 Å². The van der Waals surface area contributed by atoms with E-state index in [2.05, 4.69) is 16.5 Å². The number of nitrogens with zero attached hydrogens (tertiary/aromatic N) is 2. The molecular formula is C15H21N3O2. The standard InChI is InChI=1S/C15H21N3O2/c1-19-9-7-16-11-14-6-8-18(17-14)15-5-3-4-13(10-15)12-20-2/h3-6,8,10,16H,7,9,11-12H2,1-2H3. The molecule has 0 bridgehead atoms. The second kappa shape index (κ2) is 7.79. The molecule has 0 aliphatic heterocycles. The van der Waals surface area contributed by atoms with Gasteiger partial charge in [0.2, 0.25) is 0 Å². The largest absolute Gasteiger partial charge is 0.383 e. The van der Waals surface area contributed by atoms with Gasteiger partial charge in [0.1, 0.15) is 0 Å². The van der Waals surface area contributed by atoms with Crippen molar-refractivity contribution < 1.29 is 9.47 Å². The molecule has 0 unspecified atom stereocenters. The zero-order valence-electron chi connectivity index (χ0n) is 12.0. The van der Waals surface area contributed by atoms with Crippen LogP contribution in [0.1, 0.15) is 11.3 Å². The van der Waals surface area contributed by atoms with Crippen LogP contribution < -0.4 is 5.32 Å². The topological polar surface area (TPSA) is 48.3 Å². The van der Waals surface area contributed by atoms with Gasteiger partial charge in [-0.15, -0.1) is 0 Å². The molecule has 0 fully saturated rings. The van der Waals surface area contributed by atoms with Crippen molar-refractivity contribution in [3.8, 4) is 5.69 Å². The van der Waals surface area contributed by atoms with Gasteiger partial charge in [-0.1, -0.05) is 12.1 Å². The Morgan fingerprint density at radius 1 is 1.20 bits per heavy atom. The lowest BCUT2D eigenvalue weighted by atomic mass is 10.2. The summed E-state index contributed by atoms with van der Waals surface area (Å²) in [5.41, 5.74) is 3.20. The molecule has 1 N–H and O–H groups in total. The van der Waals surface area contributed by atoms with Gasteiger partial charge in [-0.25, -0.2) is 4.68 Å². The summed E-state index contributed by atoms with van der Waals surface area (Å²) in [6.45, 7) is 2.89. The van der Waals surface area contributed by atoms with E-state index in [-0.39, 0.29) is 0 Å². The SMILES string of the molecule is COCCNCc1ccn(-c2cccc(COC)c2)n1. The van der Waals surface area contributed by atoms with E-state index in [9.17, 15) is 0 Å². The molecule has 0 amide bonds. The van der Waals surface area contributed by atoms with E-state index in [4.69, 9.17) is 9.47 Å². The van der Waals surface area contributed by atoms with Crippen LogP contribution in [-0.2, 0) is 22.6 Å². The number of methoxy groups -OCH3 is 2. The molecular weight excluding hydrogens is 254 g/mol. The molecule has 1 aromatic heterocycles. The minimum Gasteiger partial charge on any atom is -0.383 e. The fourth-order valence-electron chi connectivity index (χ4n) is 1.95. The molecule has 0 radical (unpaired) electrons. The number of nitrogens with one attached hydrogen (secondary N) is 1. The van der Waals surface area contributed by atoms with Crippen molar-refractivity contribution in [2.75, 3.05) is 27.4 Å². The summed E-state index contributed by atoms with van der Waals surface area (Å²) in [7, 11) is 3.40. The average Bonchev–Trinajstić information content (AvgIpc) is 2.93. The average molecular weight is 275 g/mol. The van der Waals surface area contributed by atoms with Crippen LogP contribution in [0.5, 0.6) is 0 Å². The Morgan fingerprint density at radius 3 is 2.90 bits per heavy atom. The maximum absolute atomic E-state index is 5.15. The Bertz CT molecular complexity index is 525. The quantitative estimate of drug-likeness (QED) is 0.746. The Morgan fingerprint density at radius 2 is 2.10 bits per heavy atom. The van der Waals surface area contributed by atoms with Crippen LogP contribution in [-0.4, -0.2) is 37.2 Å². The van der Waals surface area contributed by atoms with E-state index < -0.39 is 0 Å². The van der Waals surface area contributed by atoms with Crippen molar-refractivity contribution in [1.29, 1.82) is 0 Å². The van der Waals surface area contributed by atoms with Crippen LogP contribution in [0.2, 0.25) is 0 Å². The number of aromatic nitrogens is 2. The van der Waals surface area contributed by atoms with E-state index in [1.807, 2.05) is 35.1 Å². The highest BCUT2D eigenvalue weighted by atomic mass is 16.5. The molecule has 0 aliphatic rings. The second-order valence-corrected chi connectivity index (χ2v) is 4.52. The van der Waals surface area contributed by atoms with Gasteiger partial charge in [0, 0.05) is 33.5 Å². The third-order valence-corrected chi connectivity index (χ3v) is 2.92. The smallest absolute Gasteiger partial charge is 0.0766 e. The summed E-state index contributed by atoms with van der Waals surface area (Å²) in [5.74, 6) is 0. The summed E-state index contributed by atoms with van der Waals surface area (Å²) in [6, 6.07) is 10.2. The molecule has 0 spiro atoms. The molecule has 108 valence electrons. The van der Waals surface area contributed by atoms with Crippen molar-refractivity contribution in [3.05, 3.63) is 47.8 Å². The lowest BCUT2D eigenvalue weighted by Gasteiger charge is -2.05. The Hall–Kier alpha value is -1.69. The molecule has 1 aromatic carbocycles. The second-order valence-electron chi connectivity index (χ2n) is 4.52. The molecule has 0 atom stereocenters. The molecule has 0 aliphatic carbocycles. The maximum Gasteiger partial charge on any atom is 0.0766 e. The Labute approximate surface area is 119 Å². The van der Waals surface area contributed by atoms with Gasteiger partial charge >= 0.3 is 0 Å². The zero-order chi connectivity index (χ0) is 14.2. The van der Waals surface area contributed by atoms with Crippen LogP contribution in [0.3, 0.4) is 0 Å². The van der Waals surface area contributed by atoms with Crippen LogP contribution in [0.4, 0.5) is 0 Å². The van der Waals surface area contributed by atoms with Crippen LogP contribution in [0, 0.1) is 0 Å². The summed E-state index contributed by atoms with van der Waals surface area (Å²) >= 11 is 0. The van der Waals surface area contributed by atoms with Gasteiger partial charge in [0.25, 0.3) is 0 Å². The van der Waals surface area contributed by atoms with Crippen LogP contribution >= 0.6 is 0 Å². The predicted octanol–water partition coefficient (Wildman–Crippen LogP) is 1.75. The van der Waals surface area contributed by atoms with Gasteiger partial charge in [0.05, 0.1) is 24.6 Å². The molecule has 2 rings (SSSR count). The number of ether oxygens (including phenoxy) is 2. The fraction of sp³-hybridized carbons (Fsp3) is 0.400. The molecule has 20 heavy (non-hydrogen) atoms. The lowest BCUT2D eigenvalue weighted by molar-refractivity contribution is 0.185. The van der Waals surface area contributed by atoms with Crippen molar-refractivity contribution in [3.63, 3.8) is 0 Å². The first kappa shape index (κ1) is 14.7. The van der Waals surface area contributed by atoms with Crippen molar-refractivity contribution in [1.82, 2.24) is 15.1 Å². The summed E-state index contributed by atoms with van der Waals surface area (Å²) in [5, 5.41) is 7.83. The van der Waals surface area contributed by atoms with Gasteiger partial charge in [0.15, 0.2) is 0 Å². The van der Waals surface area contributed by atoms with Crippen molar-refractivity contribution in [2.45, 2.75) is 13.2 Å². The first-order chi connectivity index (χ1) is 9.83. The summed E-state index contributed by atoms with van der Waals surface area (Å²) in [6.07, 6.45) is 1.97. The van der Waals surface area contributed by atoms with Crippen LogP contribution in [0.25, 0.3) is 5.69 Å². The van der Waals surface area contributed by atoms with Gasteiger partial charge in [-0.2, -0.15) is 5.10 Å². The molecule has 1 heterocycles. The summed E-state index contributed by atoms with van der Waals surface area (Å²) < 4.78 is 12.0. The highest BCUT2D eigenvalue weighted by Crippen LogP contribution is 2.11. The molecule has 5 heteroatoms. The third-order valence-electron chi connectivity index (χ3n) is 2.92. The number of rotatable bonds is 8. The summed E-state index contributed by atoms with van der Waals surface area (Å²) in [4.78, 5) is 0. The van der Waals surface area contributed by atoms with Gasteiger partial charge in [-0.3, -0.25) is 0 Å². The number of benzene rings is 1. The van der Waals surface area contributed by atoms with E-state index >= 15 is 0 Å². The normalized spacial score (nSPS) is 10.9. The lowest BCUT2D eigenvalue weighted by Crippen LogP contribution is -2.18. The third kappa shape index (κ3) is 4.16. The van der Waals surface area contributed by atoms with Crippen molar-refractivity contribution in [2.24, 2.45) is 0 Å². The molecule has 2 aromatic rings. The Kier molecular flexibility index (Phi) is 5.73. The van der Waals surface area contributed by atoms with Gasteiger partial charge < -0.3 is 14.8 Å². The van der Waals surface area contributed by atoms with Crippen LogP contribution in [0.15, 0.2) is 36.5 Å². The maximum atomic E-state index is 5.15. The van der Waals surface area contributed by atoms with Crippen molar-refractivity contribution >= 4 is 0 Å². The zero-order valence-corrected chi connectivity index (χ0v) is 12.0. The van der Waals surface area contributed by atoms with E-state index in [1.54, 1.807) is 14.2 Å². The number of hydrogen-bond donors (Lipinski definition) is 1. The minimum atomic E-state index is 0.612. The predicted molar refractivity (Wildman–Crippen MR) is 77.9 cm³/mol. The van der Waals surface area contributed by atoms with E-state index in [1.165, 1.54) is 0 Å². The first-order valence-electron chi connectivity index (χ1n) is 6.66. The molecule has 0 saturated heterocycles. The molecule has 0 saturated carbocycles. The fourth-order valence-corrected chi connectivity index (χ4v) is 1.95.